The molecule has 1 aliphatic carbocycles. The number of halogens is 4. The molecular formula is C27H27ClF3N3O3. The standard InChI is InChI=1S/C27H27ClF3N3O3/c28-21-10-6-19(7-11-21)17-33(15-14-18-4-2-1-3-5-18)25(35)23-16-32-34(24(23)27(29,30)31)22-12-8-20(9-13-22)26(36)37/h1-7,10-11,16,20,22H,8-9,12-15,17H2,(H,36,37)/t20-,22-. The van der Waals surface area contributed by atoms with Crippen LogP contribution in [0.5, 0.6) is 0 Å². The van der Waals surface area contributed by atoms with Crippen molar-refractivity contribution in [3.63, 3.8) is 0 Å². The SMILES string of the molecule is O=C(c1cnn([C@H]2CC[C@H](C(=O)O)CC2)c1C(F)(F)F)N(CCc1ccccc1)Cc1ccc(Cl)cc1. The molecule has 1 N–H and O–H groups in total. The lowest BCUT2D eigenvalue weighted by Gasteiger charge is -2.28. The molecule has 4 rings (SSSR count). The van der Waals surface area contributed by atoms with E-state index in [1.54, 1.807) is 24.3 Å². The second-order valence-corrected chi connectivity index (χ2v) is 9.72. The summed E-state index contributed by atoms with van der Waals surface area (Å²) in [5.41, 5.74) is 0.101. The number of aromatic nitrogens is 2. The fourth-order valence-corrected chi connectivity index (χ4v) is 4.91. The van der Waals surface area contributed by atoms with E-state index in [1.807, 2.05) is 30.3 Å². The van der Waals surface area contributed by atoms with Gasteiger partial charge in [0.15, 0.2) is 5.69 Å². The maximum Gasteiger partial charge on any atom is 0.433 e. The zero-order chi connectivity index (χ0) is 26.6. The lowest BCUT2D eigenvalue weighted by atomic mass is 9.86. The minimum Gasteiger partial charge on any atom is -0.481 e. The van der Waals surface area contributed by atoms with Crippen molar-refractivity contribution in [1.82, 2.24) is 14.7 Å². The predicted octanol–water partition coefficient (Wildman–Crippen LogP) is 6.26. The molecule has 196 valence electrons. The van der Waals surface area contributed by atoms with Crippen LogP contribution in [0.2, 0.25) is 5.02 Å². The monoisotopic (exact) mass is 533 g/mol. The third kappa shape index (κ3) is 6.52. The maximum absolute atomic E-state index is 14.3. The Morgan fingerprint density at radius 2 is 1.65 bits per heavy atom. The van der Waals surface area contributed by atoms with Gasteiger partial charge in [-0.1, -0.05) is 54.1 Å². The fourth-order valence-electron chi connectivity index (χ4n) is 4.79. The summed E-state index contributed by atoms with van der Waals surface area (Å²) in [7, 11) is 0. The third-order valence-electron chi connectivity index (χ3n) is 6.77. The number of hydrogen-bond donors (Lipinski definition) is 1. The normalized spacial score (nSPS) is 17.9. The molecule has 3 aromatic rings. The molecular weight excluding hydrogens is 507 g/mol. The largest absolute Gasteiger partial charge is 0.481 e. The van der Waals surface area contributed by atoms with E-state index in [2.05, 4.69) is 5.10 Å². The molecule has 1 aliphatic rings. The zero-order valence-electron chi connectivity index (χ0n) is 20.0. The Bertz CT molecular complexity index is 1220. The number of benzene rings is 2. The summed E-state index contributed by atoms with van der Waals surface area (Å²) in [5, 5.41) is 13.7. The highest BCUT2D eigenvalue weighted by Crippen LogP contribution is 2.39. The highest BCUT2D eigenvalue weighted by molar-refractivity contribution is 6.30. The number of nitrogens with zero attached hydrogens (tertiary/aromatic N) is 3. The first-order valence-corrected chi connectivity index (χ1v) is 12.5. The number of carbonyl (C=O) groups excluding carboxylic acids is 1. The van der Waals surface area contributed by atoms with E-state index < -0.39 is 41.3 Å². The quantitative estimate of drug-likeness (QED) is 0.371. The summed E-state index contributed by atoms with van der Waals surface area (Å²) in [6, 6.07) is 15.6. The van der Waals surface area contributed by atoms with Crippen LogP contribution in [-0.2, 0) is 23.9 Å². The van der Waals surface area contributed by atoms with Crippen LogP contribution in [0.1, 0.15) is 58.9 Å². The second kappa shape index (κ2) is 11.4. The number of aliphatic carboxylic acids is 1. The van der Waals surface area contributed by atoms with Gasteiger partial charge in [0.05, 0.1) is 23.7 Å². The van der Waals surface area contributed by atoms with Crippen molar-refractivity contribution < 1.29 is 27.9 Å². The molecule has 1 aromatic heterocycles. The van der Waals surface area contributed by atoms with Crippen LogP contribution in [0.3, 0.4) is 0 Å². The number of carbonyl (C=O) groups is 2. The third-order valence-corrected chi connectivity index (χ3v) is 7.03. The molecule has 2 aromatic carbocycles. The van der Waals surface area contributed by atoms with E-state index in [0.717, 1.165) is 22.0 Å². The molecule has 0 bridgehead atoms. The van der Waals surface area contributed by atoms with E-state index >= 15 is 0 Å². The summed E-state index contributed by atoms with van der Waals surface area (Å²) in [5.74, 6) is -2.28. The van der Waals surface area contributed by atoms with Crippen molar-refractivity contribution >= 4 is 23.5 Å². The first kappa shape index (κ1) is 26.7. The van der Waals surface area contributed by atoms with Gasteiger partial charge in [0, 0.05) is 18.1 Å². The van der Waals surface area contributed by atoms with Crippen molar-refractivity contribution in [1.29, 1.82) is 0 Å². The first-order valence-electron chi connectivity index (χ1n) is 12.1. The van der Waals surface area contributed by atoms with Gasteiger partial charge in [-0.2, -0.15) is 18.3 Å². The van der Waals surface area contributed by atoms with E-state index in [-0.39, 0.29) is 38.8 Å². The van der Waals surface area contributed by atoms with Crippen LogP contribution in [0.25, 0.3) is 0 Å². The van der Waals surface area contributed by atoms with E-state index in [4.69, 9.17) is 11.6 Å². The average Bonchev–Trinajstić information content (AvgIpc) is 3.34. The summed E-state index contributed by atoms with van der Waals surface area (Å²) in [6.07, 6.45) is -2.33. The number of amides is 1. The highest BCUT2D eigenvalue weighted by Gasteiger charge is 2.43. The second-order valence-electron chi connectivity index (χ2n) is 9.28. The van der Waals surface area contributed by atoms with Crippen LogP contribution in [0.15, 0.2) is 60.8 Å². The van der Waals surface area contributed by atoms with Crippen molar-refractivity contribution in [2.75, 3.05) is 6.54 Å². The van der Waals surface area contributed by atoms with E-state index in [1.165, 1.54) is 4.90 Å². The molecule has 1 heterocycles. The van der Waals surface area contributed by atoms with E-state index in [0.29, 0.717) is 11.4 Å². The molecule has 0 atom stereocenters. The van der Waals surface area contributed by atoms with Crippen LogP contribution in [0.4, 0.5) is 13.2 Å². The predicted molar refractivity (Wildman–Crippen MR) is 132 cm³/mol. The van der Waals surface area contributed by atoms with Crippen molar-refractivity contribution in [3.8, 4) is 0 Å². The van der Waals surface area contributed by atoms with Crippen molar-refractivity contribution in [2.45, 2.75) is 50.9 Å². The molecule has 0 saturated heterocycles. The van der Waals surface area contributed by atoms with Gasteiger partial charge in [-0.15, -0.1) is 0 Å². The fraction of sp³-hybridized carbons (Fsp3) is 0.370. The number of alkyl halides is 3. The molecule has 1 amide bonds. The number of carboxylic acid groups (broad SMARTS) is 1. The summed E-state index contributed by atoms with van der Waals surface area (Å²) in [6.45, 7) is 0.312. The van der Waals surface area contributed by atoms with E-state index in [9.17, 15) is 27.9 Å². The lowest BCUT2D eigenvalue weighted by molar-refractivity contribution is -0.147. The topological polar surface area (TPSA) is 75.4 Å². The van der Waals surface area contributed by atoms with Gasteiger partial charge in [-0.05, 0) is 55.4 Å². The van der Waals surface area contributed by atoms with Gasteiger partial charge in [0.2, 0.25) is 0 Å². The average molecular weight is 534 g/mol. The Morgan fingerprint density at radius 3 is 2.24 bits per heavy atom. The number of rotatable bonds is 8. The van der Waals surface area contributed by atoms with Gasteiger partial charge in [0.25, 0.3) is 5.91 Å². The molecule has 1 fully saturated rings. The van der Waals surface area contributed by atoms with Gasteiger partial charge >= 0.3 is 12.1 Å². The van der Waals surface area contributed by atoms with Crippen LogP contribution < -0.4 is 0 Å². The van der Waals surface area contributed by atoms with Gasteiger partial charge in [0.1, 0.15) is 0 Å². The molecule has 0 spiro atoms. The molecule has 10 heteroatoms. The van der Waals surface area contributed by atoms with Gasteiger partial charge in [-0.3, -0.25) is 14.3 Å². The summed E-state index contributed by atoms with van der Waals surface area (Å²) in [4.78, 5) is 26.3. The summed E-state index contributed by atoms with van der Waals surface area (Å²) < 4.78 is 43.8. The highest BCUT2D eigenvalue weighted by atomic mass is 35.5. The molecule has 0 aliphatic heterocycles. The smallest absolute Gasteiger partial charge is 0.433 e. The maximum atomic E-state index is 14.3. The molecule has 1 saturated carbocycles. The van der Waals surface area contributed by atoms with Crippen LogP contribution in [-0.4, -0.2) is 38.2 Å². The Kier molecular flexibility index (Phi) is 8.22. The molecule has 37 heavy (non-hydrogen) atoms. The first-order chi connectivity index (χ1) is 17.6. The molecule has 6 nitrogen and oxygen atoms in total. The minimum atomic E-state index is -4.81. The Hall–Kier alpha value is -3.33. The number of hydrogen-bond acceptors (Lipinski definition) is 3. The Labute approximate surface area is 217 Å². The van der Waals surface area contributed by atoms with Crippen LogP contribution >= 0.6 is 11.6 Å². The van der Waals surface area contributed by atoms with Crippen molar-refractivity contribution in [3.05, 3.63) is 88.2 Å². The van der Waals surface area contributed by atoms with Gasteiger partial charge in [-0.25, -0.2) is 0 Å². The summed E-state index contributed by atoms with van der Waals surface area (Å²) >= 11 is 5.97. The minimum absolute atomic E-state index is 0.106. The lowest BCUT2D eigenvalue weighted by Crippen LogP contribution is -2.34. The Morgan fingerprint density at radius 1 is 1.00 bits per heavy atom. The molecule has 0 radical (unpaired) electrons. The number of carboxylic acids is 1. The Balaban J connectivity index is 1.63. The van der Waals surface area contributed by atoms with Gasteiger partial charge < -0.3 is 10.0 Å². The molecule has 0 unspecified atom stereocenters. The zero-order valence-corrected chi connectivity index (χ0v) is 20.8. The van der Waals surface area contributed by atoms with Crippen molar-refractivity contribution in [2.24, 2.45) is 5.92 Å². The van der Waals surface area contributed by atoms with Crippen LogP contribution in [0, 0.1) is 5.92 Å².